The highest BCUT2D eigenvalue weighted by atomic mass is 16.2. The van der Waals surface area contributed by atoms with Gasteiger partial charge in [-0.1, -0.05) is 26.7 Å². The van der Waals surface area contributed by atoms with Crippen LogP contribution >= 0.6 is 0 Å². The quantitative estimate of drug-likeness (QED) is 0.816. The van der Waals surface area contributed by atoms with Gasteiger partial charge in [0.05, 0.1) is 12.7 Å². The first-order chi connectivity index (χ1) is 8.59. The summed E-state index contributed by atoms with van der Waals surface area (Å²) in [7, 11) is 0. The van der Waals surface area contributed by atoms with Gasteiger partial charge in [-0.2, -0.15) is 0 Å². The summed E-state index contributed by atoms with van der Waals surface area (Å²) in [5, 5.41) is 3.44. The Morgan fingerprint density at radius 1 is 1.22 bits per heavy atom. The minimum Gasteiger partial charge on any atom is -0.323 e. The summed E-state index contributed by atoms with van der Waals surface area (Å²) in [6.07, 6.45) is 7.92. The van der Waals surface area contributed by atoms with E-state index in [9.17, 15) is 4.79 Å². The van der Waals surface area contributed by atoms with Crippen LogP contribution in [-0.2, 0) is 4.79 Å². The molecule has 2 fully saturated rings. The SMILES string of the molecule is CC(C)CCC(C)N1C(=O)CNC1C1CCCC1. The molecule has 0 spiro atoms. The second-order valence-electron chi connectivity index (χ2n) is 6.49. The molecule has 1 saturated heterocycles. The van der Waals surface area contributed by atoms with Crippen LogP contribution in [0, 0.1) is 11.8 Å². The van der Waals surface area contributed by atoms with E-state index in [0.717, 1.165) is 12.3 Å². The van der Waals surface area contributed by atoms with Crippen molar-refractivity contribution in [3.63, 3.8) is 0 Å². The highest BCUT2D eigenvalue weighted by molar-refractivity contribution is 5.81. The summed E-state index contributed by atoms with van der Waals surface area (Å²) in [5.41, 5.74) is 0. The molecule has 0 aromatic rings. The lowest BCUT2D eigenvalue weighted by Crippen LogP contribution is -2.47. The van der Waals surface area contributed by atoms with Gasteiger partial charge in [-0.05, 0) is 44.4 Å². The molecule has 0 radical (unpaired) electrons. The van der Waals surface area contributed by atoms with E-state index in [4.69, 9.17) is 0 Å². The van der Waals surface area contributed by atoms with Crippen LogP contribution in [0.1, 0.15) is 59.3 Å². The van der Waals surface area contributed by atoms with Gasteiger partial charge < -0.3 is 4.90 Å². The second-order valence-corrected chi connectivity index (χ2v) is 6.49. The van der Waals surface area contributed by atoms with E-state index in [0.29, 0.717) is 30.6 Å². The van der Waals surface area contributed by atoms with Gasteiger partial charge in [0.1, 0.15) is 0 Å². The van der Waals surface area contributed by atoms with Crippen LogP contribution in [0.25, 0.3) is 0 Å². The Morgan fingerprint density at radius 3 is 2.50 bits per heavy atom. The first-order valence-corrected chi connectivity index (χ1v) is 7.64. The molecule has 1 aliphatic carbocycles. The summed E-state index contributed by atoms with van der Waals surface area (Å²) in [4.78, 5) is 14.2. The van der Waals surface area contributed by atoms with E-state index in [-0.39, 0.29) is 0 Å². The van der Waals surface area contributed by atoms with Gasteiger partial charge in [0, 0.05) is 6.04 Å². The summed E-state index contributed by atoms with van der Waals surface area (Å²) < 4.78 is 0. The van der Waals surface area contributed by atoms with Gasteiger partial charge in [-0.25, -0.2) is 0 Å². The van der Waals surface area contributed by atoms with Crippen LogP contribution in [0.2, 0.25) is 0 Å². The van der Waals surface area contributed by atoms with Crippen molar-refractivity contribution in [3.8, 4) is 0 Å². The van der Waals surface area contributed by atoms with Gasteiger partial charge in [-0.3, -0.25) is 10.1 Å². The summed E-state index contributed by atoms with van der Waals surface area (Å²) >= 11 is 0. The number of hydrogen-bond donors (Lipinski definition) is 1. The number of amides is 1. The van der Waals surface area contributed by atoms with Crippen LogP contribution in [0.5, 0.6) is 0 Å². The predicted molar refractivity (Wildman–Crippen MR) is 74.1 cm³/mol. The van der Waals surface area contributed by atoms with Gasteiger partial charge in [0.15, 0.2) is 0 Å². The number of hydrogen-bond acceptors (Lipinski definition) is 2. The van der Waals surface area contributed by atoms with E-state index in [1.165, 1.54) is 32.1 Å². The molecule has 3 nitrogen and oxygen atoms in total. The number of carbonyl (C=O) groups excluding carboxylic acids is 1. The Balaban J connectivity index is 1.95. The van der Waals surface area contributed by atoms with Crippen LogP contribution in [0.15, 0.2) is 0 Å². The van der Waals surface area contributed by atoms with E-state index in [1.54, 1.807) is 0 Å². The maximum absolute atomic E-state index is 12.1. The Labute approximate surface area is 111 Å². The lowest BCUT2D eigenvalue weighted by Gasteiger charge is -2.34. The van der Waals surface area contributed by atoms with Gasteiger partial charge in [-0.15, -0.1) is 0 Å². The first kappa shape index (κ1) is 13.9. The number of carbonyl (C=O) groups is 1. The predicted octanol–water partition coefficient (Wildman–Crippen LogP) is 2.76. The van der Waals surface area contributed by atoms with E-state index in [1.807, 2.05) is 0 Å². The standard InChI is InChI=1S/C15H28N2O/c1-11(2)8-9-12(3)17-14(18)10-16-15(17)13-6-4-5-7-13/h11-13,15-16H,4-10H2,1-3H3. The summed E-state index contributed by atoms with van der Waals surface area (Å²) in [6, 6.07) is 0.389. The van der Waals surface area contributed by atoms with Gasteiger partial charge in [0.25, 0.3) is 0 Å². The smallest absolute Gasteiger partial charge is 0.238 e. The Morgan fingerprint density at radius 2 is 1.89 bits per heavy atom. The van der Waals surface area contributed by atoms with Crippen molar-refractivity contribution in [2.24, 2.45) is 11.8 Å². The number of rotatable bonds is 5. The van der Waals surface area contributed by atoms with Gasteiger partial charge >= 0.3 is 0 Å². The lowest BCUT2D eigenvalue weighted by molar-refractivity contribution is -0.130. The molecule has 0 aromatic carbocycles. The molecule has 1 heterocycles. The fourth-order valence-corrected chi connectivity index (χ4v) is 3.44. The molecule has 1 N–H and O–H groups in total. The average Bonchev–Trinajstić information content (AvgIpc) is 2.94. The molecular formula is C15H28N2O. The van der Waals surface area contributed by atoms with Crippen LogP contribution < -0.4 is 5.32 Å². The van der Waals surface area contributed by atoms with Crippen molar-refractivity contribution in [1.82, 2.24) is 10.2 Å². The topological polar surface area (TPSA) is 32.3 Å². The molecule has 104 valence electrons. The largest absolute Gasteiger partial charge is 0.323 e. The van der Waals surface area contributed by atoms with Crippen molar-refractivity contribution in [1.29, 1.82) is 0 Å². The monoisotopic (exact) mass is 252 g/mol. The van der Waals surface area contributed by atoms with Crippen molar-refractivity contribution < 1.29 is 4.79 Å². The van der Waals surface area contributed by atoms with Crippen LogP contribution in [-0.4, -0.2) is 29.6 Å². The third-order valence-electron chi connectivity index (χ3n) is 4.53. The zero-order chi connectivity index (χ0) is 13.1. The molecule has 3 heteroatoms. The molecule has 18 heavy (non-hydrogen) atoms. The number of nitrogens with one attached hydrogen (secondary N) is 1. The number of nitrogens with zero attached hydrogens (tertiary/aromatic N) is 1. The zero-order valence-corrected chi connectivity index (χ0v) is 12.1. The highest BCUT2D eigenvalue weighted by Gasteiger charge is 2.39. The normalized spacial score (nSPS) is 27.4. The zero-order valence-electron chi connectivity index (χ0n) is 12.1. The molecule has 0 aromatic heterocycles. The first-order valence-electron chi connectivity index (χ1n) is 7.64. The Hall–Kier alpha value is -0.570. The third-order valence-corrected chi connectivity index (χ3v) is 4.53. The molecular weight excluding hydrogens is 224 g/mol. The fourth-order valence-electron chi connectivity index (χ4n) is 3.44. The molecule has 1 amide bonds. The van der Waals surface area contributed by atoms with Crippen molar-refractivity contribution in [2.75, 3.05) is 6.54 Å². The Bertz CT molecular complexity index is 284. The van der Waals surface area contributed by atoms with Crippen molar-refractivity contribution in [2.45, 2.75) is 71.5 Å². The van der Waals surface area contributed by atoms with Crippen LogP contribution in [0.3, 0.4) is 0 Å². The molecule has 0 bridgehead atoms. The lowest BCUT2D eigenvalue weighted by atomic mass is 9.99. The van der Waals surface area contributed by atoms with Crippen molar-refractivity contribution in [3.05, 3.63) is 0 Å². The highest BCUT2D eigenvalue weighted by Crippen LogP contribution is 2.32. The van der Waals surface area contributed by atoms with E-state index >= 15 is 0 Å². The second kappa shape index (κ2) is 6.05. The van der Waals surface area contributed by atoms with E-state index in [2.05, 4.69) is 31.0 Å². The third kappa shape index (κ3) is 3.05. The van der Waals surface area contributed by atoms with Crippen molar-refractivity contribution >= 4 is 5.91 Å². The summed E-state index contributed by atoms with van der Waals surface area (Å²) in [5.74, 6) is 1.73. The minimum atomic E-state index is 0.308. The van der Waals surface area contributed by atoms with Crippen LogP contribution in [0.4, 0.5) is 0 Å². The average molecular weight is 252 g/mol. The molecule has 1 aliphatic heterocycles. The molecule has 2 atom stereocenters. The van der Waals surface area contributed by atoms with E-state index < -0.39 is 0 Å². The summed E-state index contributed by atoms with van der Waals surface area (Å²) in [6.45, 7) is 7.28. The Kier molecular flexibility index (Phi) is 4.66. The molecule has 2 rings (SSSR count). The fraction of sp³-hybridized carbons (Fsp3) is 0.933. The maximum atomic E-state index is 12.1. The minimum absolute atomic E-state index is 0.308. The molecule has 2 aliphatic rings. The maximum Gasteiger partial charge on any atom is 0.238 e. The van der Waals surface area contributed by atoms with Gasteiger partial charge in [0.2, 0.25) is 5.91 Å². The molecule has 1 saturated carbocycles. The molecule has 2 unspecified atom stereocenters.